The van der Waals surface area contributed by atoms with Gasteiger partial charge in [-0.3, -0.25) is 4.79 Å². The molecule has 3 N–H and O–H groups in total. The number of hydrogen-bond donors (Lipinski definition) is 3. The van der Waals surface area contributed by atoms with Crippen LogP contribution in [-0.4, -0.2) is 21.9 Å². The molecule has 1 amide bonds. The zero-order chi connectivity index (χ0) is 21.8. The average Bonchev–Trinajstić information content (AvgIpc) is 3.21. The van der Waals surface area contributed by atoms with E-state index in [1.165, 1.54) is 12.1 Å². The van der Waals surface area contributed by atoms with Crippen molar-refractivity contribution in [2.24, 2.45) is 5.92 Å². The highest BCUT2D eigenvalue weighted by Gasteiger charge is 2.27. The number of aromatic nitrogens is 2. The van der Waals surface area contributed by atoms with E-state index in [2.05, 4.69) is 44.9 Å². The predicted octanol–water partition coefficient (Wildman–Crippen LogP) is 5.37. The third kappa shape index (κ3) is 5.32. The van der Waals surface area contributed by atoms with Gasteiger partial charge in [0.1, 0.15) is 11.6 Å². The zero-order valence-electron chi connectivity index (χ0n) is 18.0. The van der Waals surface area contributed by atoms with E-state index < -0.39 is 0 Å². The van der Waals surface area contributed by atoms with Gasteiger partial charge in [0.15, 0.2) is 0 Å². The number of amides is 1. The minimum Gasteiger partial charge on any atom is -0.382 e. The molecule has 0 radical (unpaired) electrons. The van der Waals surface area contributed by atoms with Crippen molar-refractivity contribution in [3.63, 3.8) is 0 Å². The van der Waals surface area contributed by atoms with E-state index in [-0.39, 0.29) is 23.7 Å². The molecule has 0 bridgehead atoms. The first-order valence-electron chi connectivity index (χ1n) is 10.9. The van der Waals surface area contributed by atoms with Crippen molar-refractivity contribution in [2.75, 3.05) is 5.32 Å². The Morgan fingerprint density at radius 1 is 1.06 bits per heavy atom. The first-order valence-corrected chi connectivity index (χ1v) is 10.9. The van der Waals surface area contributed by atoms with Crippen molar-refractivity contribution in [2.45, 2.75) is 51.6 Å². The number of carbonyl (C=O) groups excluding carboxylic acids is 1. The van der Waals surface area contributed by atoms with E-state index in [0.717, 1.165) is 54.0 Å². The number of carbonyl (C=O) groups is 1. The van der Waals surface area contributed by atoms with E-state index >= 15 is 0 Å². The second-order valence-corrected chi connectivity index (χ2v) is 8.42. The number of imidazole rings is 1. The molecule has 0 spiro atoms. The fraction of sp³-hybridized carbons (Fsp3) is 0.360. The Morgan fingerprint density at radius 2 is 1.74 bits per heavy atom. The fourth-order valence-corrected chi connectivity index (χ4v) is 4.20. The molecule has 2 aromatic carbocycles. The van der Waals surface area contributed by atoms with E-state index in [0.29, 0.717) is 6.04 Å². The van der Waals surface area contributed by atoms with Gasteiger partial charge in [0.2, 0.25) is 5.91 Å². The topological polar surface area (TPSA) is 69.8 Å². The molecule has 162 valence electrons. The lowest BCUT2D eigenvalue weighted by Crippen LogP contribution is -2.37. The van der Waals surface area contributed by atoms with Crippen LogP contribution in [0.25, 0.3) is 11.3 Å². The van der Waals surface area contributed by atoms with Crippen LogP contribution in [0.3, 0.4) is 0 Å². The molecular weight excluding hydrogens is 391 g/mol. The number of H-pyrrole nitrogens is 1. The summed E-state index contributed by atoms with van der Waals surface area (Å²) in [5.74, 6) is 0.768. The van der Waals surface area contributed by atoms with Crippen LogP contribution >= 0.6 is 0 Å². The summed E-state index contributed by atoms with van der Waals surface area (Å²) in [7, 11) is 0. The maximum Gasteiger partial charge on any atom is 0.223 e. The highest BCUT2D eigenvalue weighted by atomic mass is 19.1. The van der Waals surface area contributed by atoms with E-state index in [1.54, 1.807) is 12.1 Å². The molecule has 0 aliphatic heterocycles. The number of aromatic amines is 1. The highest BCUT2D eigenvalue weighted by molar-refractivity contribution is 5.79. The van der Waals surface area contributed by atoms with Gasteiger partial charge in [0.25, 0.3) is 0 Å². The van der Waals surface area contributed by atoms with E-state index in [4.69, 9.17) is 0 Å². The normalized spacial score (nSPS) is 19.6. The lowest BCUT2D eigenvalue weighted by molar-refractivity contribution is -0.126. The Morgan fingerprint density at radius 3 is 2.35 bits per heavy atom. The number of nitrogens with one attached hydrogen (secondary N) is 3. The lowest BCUT2D eigenvalue weighted by atomic mass is 9.85. The number of aryl methyl sites for hydroxylation is 1. The van der Waals surface area contributed by atoms with E-state index in [9.17, 15) is 9.18 Å². The molecular formula is C25H29FN4O. The van der Waals surface area contributed by atoms with Gasteiger partial charge in [-0.25, -0.2) is 9.37 Å². The summed E-state index contributed by atoms with van der Waals surface area (Å²) in [6.07, 6.45) is 5.57. The molecule has 4 rings (SSSR count). The Balaban J connectivity index is 1.25. The maximum atomic E-state index is 13.1. The van der Waals surface area contributed by atoms with Gasteiger partial charge < -0.3 is 15.6 Å². The average molecular weight is 421 g/mol. The Hall–Kier alpha value is -3.15. The third-order valence-corrected chi connectivity index (χ3v) is 6.08. The van der Waals surface area contributed by atoms with Crippen LogP contribution in [0.5, 0.6) is 0 Å². The van der Waals surface area contributed by atoms with Crippen molar-refractivity contribution in [3.05, 3.63) is 71.9 Å². The minimum absolute atomic E-state index is 0.0335. The summed E-state index contributed by atoms with van der Waals surface area (Å²) in [6, 6.07) is 14.9. The molecule has 1 aromatic heterocycles. The van der Waals surface area contributed by atoms with Gasteiger partial charge in [-0.2, -0.15) is 0 Å². The molecule has 0 saturated heterocycles. The van der Waals surface area contributed by atoms with Crippen LogP contribution in [0.4, 0.5) is 10.1 Å². The molecule has 31 heavy (non-hydrogen) atoms. The molecule has 1 aliphatic carbocycles. The molecule has 1 fully saturated rings. The largest absolute Gasteiger partial charge is 0.382 e. The van der Waals surface area contributed by atoms with Gasteiger partial charge in [-0.15, -0.1) is 0 Å². The predicted molar refractivity (Wildman–Crippen MR) is 121 cm³/mol. The first kappa shape index (κ1) is 21.1. The van der Waals surface area contributed by atoms with Crippen LogP contribution in [0, 0.1) is 18.7 Å². The second kappa shape index (κ2) is 9.33. The molecule has 3 aromatic rings. The molecule has 5 nitrogen and oxygen atoms in total. The SMILES string of the molecule is Cc1nc(-c2ccc(N[C@H]3CC[C@H](C(=O)N[C@H](C)c4ccc(F)cc4)CC3)cc2)c[nH]1. The standard InChI is InChI=1S/C25H29FN4O/c1-16(18-3-9-21(26)10-4-18)28-25(31)20-7-13-23(14-8-20)30-22-11-5-19(6-12-22)24-15-27-17(2)29-24/h3-6,9-12,15-16,20,23,30H,7-8,13-14H2,1-2H3,(H,27,29)(H,28,31)/t16-,20-,23-/m1/s1. The van der Waals surface area contributed by atoms with Crippen LogP contribution in [-0.2, 0) is 4.79 Å². The summed E-state index contributed by atoms with van der Waals surface area (Å²) < 4.78 is 13.1. The molecule has 6 heteroatoms. The van der Waals surface area contributed by atoms with Crippen molar-refractivity contribution in [1.29, 1.82) is 0 Å². The van der Waals surface area contributed by atoms with Crippen LogP contribution < -0.4 is 10.6 Å². The zero-order valence-corrected chi connectivity index (χ0v) is 18.0. The summed E-state index contributed by atoms with van der Waals surface area (Å²) in [4.78, 5) is 20.2. The summed E-state index contributed by atoms with van der Waals surface area (Å²) in [6.45, 7) is 3.88. The fourth-order valence-electron chi connectivity index (χ4n) is 4.20. The molecule has 1 atom stereocenters. The highest BCUT2D eigenvalue weighted by Crippen LogP contribution is 2.28. The smallest absolute Gasteiger partial charge is 0.223 e. The lowest BCUT2D eigenvalue weighted by Gasteiger charge is -2.30. The van der Waals surface area contributed by atoms with Crippen molar-refractivity contribution in [1.82, 2.24) is 15.3 Å². The van der Waals surface area contributed by atoms with Crippen LogP contribution in [0.15, 0.2) is 54.7 Å². The van der Waals surface area contributed by atoms with E-state index in [1.807, 2.05) is 20.0 Å². The van der Waals surface area contributed by atoms with Crippen LogP contribution in [0.2, 0.25) is 0 Å². The van der Waals surface area contributed by atoms with Crippen molar-refractivity contribution < 1.29 is 9.18 Å². The number of anilines is 1. The van der Waals surface area contributed by atoms with Gasteiger partial charge in [-0.1, -0.05) is 24.3 Å². The molecule has 1 aliphatic rings. The summed E-state index contributed by atoms with van der Waals surface area (Å²) >= 11 is 0. The van der Waals surface area contributed by atoms with Gasteiger partial charge >= 0.3 is 0 Å². The summed E-state index contributed by atoms with van der Waals surface area (Å²) in [5, 5.41) is 6.68. The van der Waals surface area contributed by atoms with Crippen molar-refractivity contribution in [3.8, 4) is 11.3 Å². The Bertz CT molecular complexity index is 1000. The Labute approximate surface area is 182 Å². The second-order valence-electron chi connectivity index (χ2n) is 8.42. The molecule has 0 unspecified atom stereocenters. The summed E-state index contributed by atoms with van der Waals surface area (Å²) in [5.41, 5.74) is 4.04. The van der Waals surface area contributed by atoms with Gasteiger partial charge in [0.05, 0.1) is 11.7 Å². The third-order valence-electron chi connectivity index (χ3n) is 6.08. The number of rotatable bonds is 6. The van der Waals surface area contributed by atoms with Crippen molar-refractivity contribution >= 4 is 11.6 Å². The number of nitrogens with zero attached hydrogens (tertiary/aromatic N) is 1. The van der Waals surface area contributed by atoms with Gasteiger partial charge in [0, 0.05) is 29.4 Å². The number of benzene rings is 2. The quantitative estimate of drug-likeness (QED) is 0.502. The first-order chi connectivity index (χ1) is 15.0. The van der Waals surface area contributed by atoms with Crippen LogP contribution in [0.1, 0.15) is 50.0 Å². The Kier molecular flexibility index (Phi) is 6.35. The molecule has 1 heterocycles. The monoisotopic (exact) mass is 420 g/mol. The number of hydrogen-bond acceptors (Lipinski definition) is 3. The van der Waals surface area contributed by atoms with Gasteiger partial charge in [-0.05, 0) is 69.4 Å². The minimum atomic E-state index is -0.265. The number of halogens is 1. The molecule has 1 saturated carbocycles. The maximum absolute atomic E-state index is 13.1.